The number of thiazole rings is 2. The molecule has 2 aromatic carbocycles. The average molecular weight is 355 g/mol. The summed E-state index contributed by atoms with van der Waals surface area (Å²) < 4.78 is 12.6. The molecular weight excluding hydrogens is 346 g/mol. The lowest BCUT2D eigenvalue weighted by molar-refractivity contribution is 0.102. The summed E-state index contributed by atoms with van der Waals surface area (Å²) in [7, 11) is 0. The quantitative estimate of drug-likeness (QED) is 0.590. The SMILES string of the molecule is O=C(Nc1nc2cc3c(cc2s1)OCO3)c1ccc2ncsc2c1. The van der Waals surface area contributed by atoms with Gasteiger partial charge in [-0.1, -0.05) is 11.3 Å². The molecule has 0 saturated carbocycles. The van der Waals surface area contributed by atoms with Gasteiger partial charge in [-0.15, -0.1) is 11.3 Å². The smallest absolute Gasteiger partial charge is 0.257 e. The minimum Gasteiger partial charge on any atom is -0.454 e. The Labute approximate surface area is 143 Å². The maximum Gasteiger partial charge on any atom is 0.257 e. The van der Waals surface area contributed by atoms with E-state index in [-0.39, 0.29) is 12.7 Å². The molecule has 118 valence electrons. The van der Waals surface area contributed by atoms with E-state index >= 15 is 0 Å². The van der Waals surface area contributed by atoms with Crippen LogP contribution in [0, 0.1) is 0 Å². The highest BCUT2D eigenvalue weighted by molar-refractivity contribution is 7.22. The van der Waals surface area contributed by atoms with Crippen LogP contribution in [0.15, 0.2) is 35.8 Å². The number of hydrogen-bond acceptors (Lipinski definition) is 7. The zero-order valence-corrected chi connectivity index (χ0v) is 13.7. The summed E-state index contributed by atoms with van der Waals surface area (Å²) in [5.41, 5.74) is 4.02. The second-order valence-electron chi connectivity index (χ2n) is 5.18. The molecule has 24 heavy (non-hydrogen) atoms. The van der Waals surface area contributed by atoms with E-state index in [4.69, 9.17) is 9.47 Å². The van der Waals surface area contributed by atoms with Gasteiger partial charge in [-0.25, -0.2) is 9.97 Å². The highest BCUT2D eigenvalue weighted by Gasteiger charge is 2.17. The van der Waals surface area contributed by atoms with Crippen molar-refractivity contribution in [3.63, 3.8) is 0 Å². The fraction of sp³-hybridized carbons (Fsp3) is 0.0625. The number of carbonyl (C=O) groups excluding carboxylic acids is 1. The molecule has 8 heteroatoms. The summed E-state index contributed by atoms with van der Waals surface area (Å²) in [5, 5.41) is 3.40. The average Bonchev–Trinajstić information content (AvgIpc) is 3.29. The van der Waals surface area contributed by atoms with Gasteiger partial charge in [0.05, 0.1) is 25.9 Å². The number of anilines is 1. The number of amides is 1. The molecule has 3 heterocycles. The van der Waals surface area contributed by atoms with Crippen molar-refractivity contribution in [2.75, 3.05) is 12.1 Å². The maximum absolute atomic E-state index is 12.4. The maximum atomic E-state index is 12.4. The van der Waals surface area contributed by atoms with E-state index in [9.17, 15) is 4.79 Å². The zero-order chi connectivity index (χ0) is 16.1. The van der Waals surface area contributed by atoms with E-state index in [2.05, 4.69) is 15.3 Å². The van der Waals surface area contributed by atoms with E-state index in [1.165, 1.54) is 22.7 Å². The lowest BCUT2D eigenvalue weighted by atomic mass is 10.2. The van der Waals surface area contributed by atoms with Crippen LogP contribution in [0.3, 0.4) is 0 Å². The molecule has 5 rings (SSSR count). The van der Waals surface area contributed by atoms with Gasteiger partial charge in [0, 0.05) is 17.7 Å². The van der Waals surface area contributed by atoms with Crippen LogP contribution in [0.5, 0.6) is 11.5 Å². The number of benzene rings is 2. The summed E-state index contributed by atoms with van der Waals surface area (Å²) >= 11 is 2.91. The number of hydrogen-bond donors (Lipinski definition) is 1. The zero-order valence-electron chi connectivity index (χ0n) is 12.1. The number of ether oxygens (including phenoxy) is 2. The fourth-order valence-corrected chi connectivity index (χ4v) is 4.12. The topological polar surface area (TPSA) is 73.3 Å². The molecule has 1 aliphatic heterocycles. The standard InChI is InChI=1S/C16H9N3O3S2/c20-15(8-1-2-9-13(3-8)23-6-17-9)19-16-18-10-4-11-12(22-7-21-11)5-14(10)24-16/h1-6H,7H2,(H,18,19,20). The number of nitrogens with one attached hydrogen (secondary N) is 1. The van der Waals surface area contributed by atoms with Crippen LogP contribution in [0.25, 0.3) is 20.4 Å². The Morgan fingerprint density at radius 3 is 2.88 bits per heavy atom. The van der Waals surface area contributed by atoms with Gasteiger partial charge in [0.15, 0.2) is 16.6 Å². The minimum absolute atomic E-state index is 0.190. The second-order valence-corrected chi connectivity index (χ2v) is 7.10. The van der Waals surface area contributed by atoms with Crippen molar-refractivity contribution in [1.29, 1.82) is 0 Å². The molecule has 2 aromatic heterocycles. The highest BCUT2D eigenvalue weighted by atomic mass is 32.1. The first kappa shape index (κ1) is 13.7. The predicted octanol–water partition coefficient (Wildman–Crippen LogP) is 3.89. The van der Waals surface area contributed by atoms with Crippen LogP contribution in [0.1, 0.15) is 10.4 Å². The Morgan fingerprint density at radius 1 is 1.08 bits per heavy atom. The van der Waals surface area contributed by atoms with Crippen LogP contribution in [-0.2, 0) is 0 Å². The summed E-state index contributed by atoms with van der Waals surface area (Å²) in [4.78, 5) is 21.1. The summed E-state index contributed by atoms with van der Waals surface area (Å²) in [6, 6.07) is 9.16. The van der Waals surface area contributed by atoms with E-state index in [1.54, 1.807) is 11.6 Å². The third-order valence-corrected chi connectivity index (χ3v) is 5.42. The van der Waals surface area contributed by atoms with Crippen molar-refractivity contribution < 1.29 is 14.3 Å². The Hall–Kier alpha value is -2.71. The highest BCUT2D eigenvalue weighted by Crippen LogP contribution is 2.39. The van der Waals surface area contributed by atoms with Crippen molar-refractivity contribution in [2.45, 2.75) is 0 Å². The normalized spacial score (nSPS) is 12.8. The van der Waals surface area contributed by atoms with Gasteiger partial charge < -0.3 is 9.47 Å². The molecule has 0 fully saturated rings. The van der Waals surface area contributed by atoms with Gasteiger partial charge in [0.2, 0.25) is 6.79 Å². The lowest BCUT2D eigenvalue weighted by Gasteiger charge is -2.01. The van der Waals surface area contributed by atoms with Crippen LogP contribution >= 0.6 is 22.7 Å². The van der Waals surface area contributed by atoms with Crippen LogP contribution in [0.2, 0.25) is 0 Å². The minimum atomic E-state index is -0.190. The first-order valence-corrected chi connectivity index (χ1v) is 8.81. The Bertz CT molecular complexity index is 1060. The van der Waals surface area contributed by atoms with Crippen molar-refractivity contribution in [1.82, 2.24) is 9.97 Å². The molecule has 0 saturated heterocycles. The third-order valence-electron chi connectivity index (χ3n) is 3.70. The van der Waals surface area contributed by atoms with E-state index < -0.39 is 0 Å². The Balaban J connectivity index is 1.46. The number of rotatable bonds is 2. The number of fused-ring (bicyclic) bond motifs is 3. The molecule has 1 amide bonds. The van der Waals surface area contributed by atoms with Gasteiger partial charge in [-0.2, -0.15) is 0 Å². The molecule has 1 aliphatic rings. The van der Waals surface area contributed by atoms with Crippen molar-refractivity contribution in [3.05, 3.63) is 41.4 Å². The van der Waals surface area contributed by atoms with Crippen LogP contribution in [0.4, 0.5) is 5.13 Å². The predicted molar refractivity (Wildman–Crippen MR) is 93.3 cm³/mol. The largest absolute Gasteiger partial charge is 0.454 e. The van der Waals surface area contributed by atoms with Gasteiger partial charge >= 0.3 is 0 Å². The van der Waals surface area contributed by atoms with E-state index in [1.807, 2.05) is 24.3 Å². The molecular formula is C16H9N3O3S2. The molecule has 0 radical (unpaired) electrons. The van der Waals surface area contributed by atoms with Gasteiger partial charge in [0.1, 0.15) is 0 Å². The summed E-state index contributed by atoms with van der Waals surface area (Å²) in [6.45, 7) is 0.232. The first-order chi connectivity index (χ1) is 11.8. The van der Waals surface area contributed by atoms with Gasteiger partial charge in [-0.05, 0) is 18.2 Å². The number of aromatic nitrogens is 2. The van der Waals surface area contributed by atoms with Crippen molar-refractivity contribution in [2.24, 2.45) is 0 Å². The molecule has 0 spiro atoms. The molecule has 0 bridgehead atoms. The number of nitrogens with zero attached hydrogens (tertiary/aromatic N) is 2. The van der Waals surface area contributed by atoms with Crippen molar-refractivity contribution >= 4 is 54.1 Å². The summed E-state index contributed by atoms with van der Waals surface area (Å²) in [6.07, 6.45) is 0. The molecule has 0 aliphatic carbocycles. The van der Waals surface area contributed by atoms with Crippen molar-refractivity contribution in [3.8, 4) is 11.5 Å². The molecule has 6 nitrogen and oxygen atoms in total. The van der Waals surface area contributed by atoms with Gasteiger partial charge in [0.25, 0.3) is 5.91 Å². The Kier molecular flexibility index (Phi) is 2.94. The number of carbonyl (C=O) groups is 1. The van der Waals surface area contributed by atoms with Crippen LogP contribution < -0.4 is 14.8 Å². The Morgan fingerprint density at radius 2 is 1.96 bits per heavy atom. The van der Waals surface area contributed by atoms with E-state index in [0.717, 1.165) is 20.4 Å². The lowest BCUT2D eigenvalue weighted by Crippen LogP contribution is -2.11. The fourth-order valence-electron chi connectivity index (χ4n) is 2.54. The molecule has 4 aromatic rings. The molecule has 0 atom stereocenters. The second kappa shape index (κ2) is 5.15. The third kappa shape index (κ3) is 2.19. The first-order valence-electron chi connectivity index (χ1n) is 7.11. The summed E-state index contributed by atoms with van der Waals surface area (Å²) in [5.74, 6) is 1.20. The van der Waals surface area contributed by atoms with Crippen LogP contribution in [-0.4, -0.2) is 22.7 Å². The molecule has 1 N–H and O–H groups in total. The van der Waals surface area contributed by atoms with Gasteiger partial charge in [-0.3, -0.25) is 10.1 Å². The van der Waals surface area contributed by atoms with E-state index in [0.29, 0.717) is 22.2 Å². The monoisotopic (exact) mass is 355 g/mol. The molecule has 0 unspecified atom stereocenters.